The van der Waals surface area contributed by atoms with E-state index in [-0.39, 0.29) is 6.04 Å². The van der Waals surface area contributed by atoms with Gasteiger partial charge in [-0.1, -0.05) is 0 Å². The lowest BCUT2D eigenvalue weighted by atomic mass is 10.0. The Hall–Kier alpha value is -0.600. The van der Waals surface area contributed by atoms with Gasteiger partial charge >= 0.3 is 0 Å². The summed E-state index contributed by atoms with van der Waals surface area (Å²) in [5, 5.41) is 0. The van der Waals surface area contributed by atoms with Crippen LogP contribution < -0.4 is 11.3 Å². The summed E-state index contributed by atoms with van der Waals surface area (Å²) < 4.78 is 0. The fourth-order valence-corrected chi connectivity index (χ4v) is 2.37. The van der Waals surface area contributed by atoms with Crippen molar-refractivity contribution in [1.29, 1.82) is 0 Å². The summed E-state index contributed by atoms with van der Waals surface area (Å²) in [7, 11) is 4.34. The zero-order valence-electron chi connectivity index (χ0n) is 10.4. The van der Waals surface area contributed by atoms with Crippen molar-refractivity contribution in [2.24, 2.45) is 5.84 Å². The van der Waals surface area contributed by atoms with Gasteiger partial charge in [0, 0.05) is 25.0 Å². The van der Waals surface area contributed by atoms with Crippen LogP contribution in [0.3, 0.4) is 0 Å². The van der Waals surface area contributed by atoms with Crippen molar-refractivity contribution >= 4 is 0 Å². The second kappa shape index (κ2) is 6.87. The fraction of sp³-hybridized carbons (Fsp3) is 0.833. The lowest BCUT2D eigenvalue weighted by Crippen LogP contribution is -2.54. The van der Waals surface area contributed by atoms with Gasteiger partial charge in [0.2, 0.25) is 0 Å². The minimum atomic E-state index is 0.279. The predicted octanol–water partition coefficient (Wildman–Crippen LogP) is -0.132. The summed E-state index contributed by atoms with van der Waals surface area (Å²) >= 11 is 0. The predicted molar refractivity (Wildman–Crippen MR) is 67.7 cm³/mol. The first kappa shape index (κ1) is 13.5. The zero-order valence-corrected chi connectivity index (χ0v) is 10.4. The molecule has 0 aromatic heterocycles. The van der Waals surface area contributed by atoms with Gasteiger partial charge in [-0.25, -0.2) is 0 Å². The van der Waals surface area contributed by atoms with Gasteiger partial charge in [-0.15, -0.1) is 12.3 Å². The van der Waals surface area contributed by atoms with E-state index < -0.39 is 0 Å². The van der Waals surface area contributed by atoms with Crippen LogP contribution in [-0.4, -0.2) is 55.6 Å². The molecule has 0 aliphatic carbocycles. The van der Waals surface area contributed by atoms with Crippen LogP contribution in [0.5, 0.6) is 0 Å². The van der Waals surface area contributed by atoms with Gasteiger partial charge in [0.15, 0.2) is 0 Å². The van der Waals surface area contributed by atoms with E-state index >= 15 is 0 Å². The largest absolute Gasteiger partial charge is 0.305 e. The highest BCUT2D eigenvalue weighted by molar-refractivity contribution is 4.91. The maximum atomic E-state index is 5.64. The Morgan fingerprint density at radius 3 is 2.88 bits per heavy atom. The molecule has 0 bridgehead atoms. The third-order valence-electron chi connectivity index (χ3n) is 3.39. The first-order valence-corrected chi connectivity index (χ1v) is 5.97. The SMILES string of the molecule is C#CCCC(NN)C1CN(C)CCCN1C. The summed E-state index contributed by atoms with van der Waals surface area (Å²) in [5.41, 5.74) is 2.92. The molecule has 1 heterocycles. The fourth-order valence-electron chi connectivity index (χ4n) is 2.37. The van der Waals surface area contributed by atoms with E-state index in [1.165, 1.54) is 6.42 Å². The van der Waals surface area contributed by atoms with Crippen LogP contribution in [0, 0.1) is 12.3 Å². The molecular formula is C12H24N4. The molecule has 4 heteroatoms. The summed E-state index contributed by atoms with van der Waals surface area (Å²) in [6.45, 7) is 3.34. The van der Waals surface area contributed by atoms with Crippen LogP contribution >= 0.6 is 0 Å². The maximum Gasteiger partial charge on any atom is 0.0387 e. The number of hydrogen-bond acceptors (Lipinski definition) is 4. The lowest BCUT2D eigenvalue weighted by molar-refractivity contribution is 0.173. The van der Waals surface area contributed by atoms with E-state index in [0.29, 0.717) is 6.04 Å². The van der Waals surface area contributed by atoms with Crippen molar-refractivity contribution in [3.63, 3.8) is 0 Å². The van der Waals surface area contributed by atoms with E-state index in [2.05, 4.69) is 35.2 Å². The van der Waals surface area contributed by atoms with Crippen molar-refractivity contribution in [3.8, 4) is 12.3 Å². The zero-order chi connectivity index (χ0) is 12.0. The Morgan fingerprint density at radius 2 is 2.25 bits per heavy atom. The molecule has 1 fully saturated rings. The van der Waals surface area contributed by atoms with Crippen molar-refractivity contribution in [1.82, 2.24) is 15.2 Å². The Balaban J connectivity index is 2.60. The molecular weight excluding hydrogens is 200 g/mol. The highest BCUT2D eigenvalue weighted by atomic mass is 15.3. The number of hydrazine groups is 1. The van der Waals surface area contributed by atoms with Gasteiger partial charge in [-0.2, -0.15) is 0 Å². The molecule has 1 saturated heterocycles. The average Bonchev–Trinajstić information content (AvgIpc) is 2.43. The third kappa shape index (κ3) is 3.76. The molecule has 2 unspecified atom stereocenters. The Morgan fingerprint density at radius 1 is 1.50 bits per heavy atom. The monoisotopic (exact) mass is 224 g/mol. The first-order valence-electron chi connectivity index (χ1n) is 5.97. The van der Waals surface area contributed by atoms with E-state index in [4.69, 9.17) is 12.3 Å². The molecule has 1 rings (SSSR count). The van der Waals surface area contributed by atoms with Crippen molar-refractivity contribution in [2.45, 2.75) is 31.3 Å². The normalized spacial score (nSPS) is 26.0. The van der Waals surface area contributed by atoms with Crippen LogP contribution in [-0.2, 0) is 0 Å². The summed E-state index contributed by atoms with van der Waals surface area (Å²) in [6.07, 6.45) is 8.25. The number of likely N-dealkylation sites (N-methyl/N-ethyl adjacent to an activating group) is 2. The van der Waals surface area contributed by atoms with E-state index in [1.54, 1.807) is 0 Å². The molecule has 1 aliphatic rings. The molecule has 0 radical (unpaired) electrons. The van der Waals surface area contributed by atoms with Gasteiger partial charge in [-0.05, 0) is 40.0 Å². The molecule has 0 aromatic carbocycles. The second-order valence-electron chi connectivity index (χ2n) is 4.68. The quantitative estimate of drug-likeness (QED) is 0.397. The minimum Gasteiger partial charge on any atom is -0.305 e. The number of terminal acetylenes is 1. The number of rotatable bonds is 4. The minimum absolute atomic E-state index is 0.279. The van der Waals surface area contributed by atoms with Crippen molar-refractivity contribution in [2.75, 3.05) is 33.7 Å². The van der Waals surface area contributed by atoms with Gasteiger partial charge < -0.3 is 9.80 Å². The van der Waals surface area contributed by atoms with Gasteiger partial charge in [0.1, 0.15) is 0 Å². The molecule has 16 heavy (non-hydrogen) atoms. The van der Waals surface area contributed by atoms with Crippen LogP contribution in [0.4, 0.5) is 0 Å². The standard InChI is InChI=1S/C12H24N4/c1-4-5-7-11(14-13)12-10-15(2)8-6-9-16(12)3/h1,11-12,14H,5-10,13H2,2-3H3. The molecule has 0 spiro atoms. The molecule has 0 aromatic rings. The highest BCUT2D eigenvalue weighted by Gasteiger charge is 2.27. The molecule has 4 nitrogen and oxygen atoms in total. The summed E-state index contributed by atoms with van der Waals surface area (Å²) in [6, 6.07) is 0.729. The Kier molecular flexibility index (Phi) is 5.78. The van der Waals surface area contributed by atoms with Gasteiger partial charge in [0.05, 0.1) is 0 Å². The molecule has 92 valence electrons. The summed E-state index contributed by atoms with van der Waals surface area (Å²) in [5.74, 6) is 8.32. The summed E-state index contributed by atoms with van der Waals surface area (Å²) in [4.78, 5) is 4.76. The van der Waals surface area contributed by atoms with Gasteiger partial charge in [0.25, 0.3) is 0 Å². The van der Waals surface area contributed by atoms with E-state index in [0.717, 1.165) is 32.5 Å². The number of nitrogens with zero attached hydrogens (tertiary/aromatic N) is 2. The van der Waals surface area contributed by atoms with Crippen molar-refractivity contribution < 1.29 is 0 Å². The van der Waals surface area contributed by atoms with Gasteiger partial charge in [-0.3, -0.25) is 11.3 Å². The molecule has 0 saturated carbocycles. The Labute approximate surface area is 99.1 Å². The van der Waals surface area contributed by atoms with Crippen LogP contribution in [0.15, 0.2) is 0 Å². The number of nitrogens with one attached hydrogen (secondary N) is 1. The van der Waals surface area contributed by atoms with E-state index in [1.807, 2.05) is 0 Å². The van der Waals surface area contributed by atoms with Crippen LogP contribution in [0.2, 0.25) is 0 Å². The smallest absolute Gasteiger partial charge is 0.0387 e. The van der Waals surface area contributed by atoms with Crippen LogP contribution in [0.25, 0.3) is 0 Å². The number of nitrogens with two attached hydrogens (primary N) is 1. The molecule has 2 atom stereocenters. The molecule has 1 aliphatic heterocycles. The van der Waals surface area contributed by atoms with Crippen LogP contribution in [0.1, 0.15) is 19.3 Å². The lowest BCUT2D eigenvalue weighted by Gasteiger charge is -2.33. The Bertz CT molecular complexity index is 236. The second-order valence-corrected chi connectivity index (χ2v) is 4.68. The number of hydrogen-bond donors (Lipinski definition) is 2. The molecule has 0 amide bonds. The van der Waals surface area contributed by atoms with Crippen molar-refractivity contribution in [3.05, 3.63) is 0 Å². The average molecular weight is 224 g/mol. The highest BCUT2D eigenvalue weighted by Crippen LogP contribution is 2.13. The maximum absolute atomic E-state index is 5.64. The first-order chi connectivity index (χ1) is 7.69. The molecule has 3 N–H and O–H groups in total. The third-order valence-corrected chi connectivity index (χ3v) is 3.39. The van der Waals surface area contributed by atoms with E-state index in [9.17, 15) is 0 Å². The topological polar surface area (TPSA) is 44.5 Å².